The zero-order valence-electron chi connectivity index (χ0n) is 13.7. The molecule has 1 aromatic carbocycles. The Morgan fingerprint density at radius 3 is 3.00 bits per heavy atom. The number of benzene rings is 1. The molecule has 6 heteroatoms. The van der Waals surface area contributed by atoms with Gasteiger partial charge in [-0.2, -0.15) is 0 Å². The van der Waals surface area contributed by atoms with Gasteiger partial charge in [0, 0.05) is 31.2 Å². The molecule has 1 aromatic rings. The number of halogens is 1. The molecule has 1 saturated heterocycles. The summed E-state index contributed by atoms with van der Waals surface area (Å²) in [6, 6.07) is 5.89. The molecule has 1 N–H and O–H groups in total. The Morgan fingerprint density at radius 2 is 2.22 bits per heavy atom. The zero-order valence-corrected chi connectivity index (χ0v) is 14.5. The largest absolute Gasteiger partial charge is 0.373 e. The summed E-state index contributed by atoms with van der Waals surface area (Å²) in [4.78, 5) is 16.6. The normalized spacial score (nSPS) is 23.3. The van der Waals surface area contributed by atoms with Crippen LogP contribution < -0.4 is 5.32 Å². The second-order valence-electron chi connectivity index (χ2n) is 6.49. The maximum absolute atomic E-state index is 12.5. The smallest absolute Gasteiger partial charge is 0.318 e. The van der Waals surface area contributed by atoms with Crippen LogP contribution in [0.3, 0.4) is 0 Å². The number of nitrogens with zero attached hydrogens (tertiary/aromatic N) is 2. The third kappa shape index (κ3) is 3.97. The van der Waals surface area contributed by atoms with Gasteiger partial charge in [-0.15, -0.1) is 0 Å². The zero-order chi connectivity index (χ0) is 16.4. The van der Waals surface area contributed by atoms with E-state index in [2.05, 4.69) is 23.3 Å². The van der Waals surface area contributed by atoms with Gasteiger partial charge in [-0.05, 0) is 43.7 Å². The van der Waals surface area contributed by atoms with Crippen LogP contribution in [-0.4, -0.2) is 61.3 Å². The molecule has 0 spiro atoms. The highest BCUT2D eigenvalue weighted by Gasteiger charge is 2.27. The van der Waals surface area contributed by atoms with Crippen molar-refractivity contribution in [1.82, 2.24) is 15.1 Å². The van der Waals surface area contributed by atoms with Crippen LogP contribution in [0, 0.1) is 0 Å². The molecule has 2 heterocycles. The summed E-state index contributed by atoms with van der Waals surface area (Å²) in [6.45, 7) is 5.87. The summed E-state index contributed by atoms with van der Waals surface area (Å²) in [7, 11) is 2.08. The molecule has 0 saturated carbocycles. The maximum Gasteiger partial charge on any atom is 0.318 e. The fourth-order valence-electron chi connectivity index (χ4n) is 3.19. The Morgan fingerprint density at radius 1 is 1.39 bits per heavy atom. The molecule has 2 amide bonds. The van der Waals surface area contributed by atoms with E-state index in [4.69, 9.17) is 16.3 Å². The van der Waals surface area contributed by atoms with Crippen LogP contribution in [0.4, 0.5) is 4.79 Å². The molecule has 5 nitrogen and oxygen atoms in total. The van der Waals surface area contributed by atoms with Gasteiger partial charge in [-0.3, -0.25) is 0 Å². The van der Waals surface area contributed by atoms with E-state index in [1.807, 2.05) is 24.0 Å². The summed E-state index contributed by atoms with van der Waals surface area (Å²) < 4.78 is 5.78. The third-order valence-electron chi connectivity index (χ3n) is 4.67. The number of morpholine rings is 1. The van der Waals surface area contributed by atoms with Gasteiger partial charge in [0.15, 0.2) is 0 Å². The topological polar surface area (TPSA) is 44.8 Å². The molecule has 2 atom stereocenters. The lowest BCUT2D eigenvalue weighted by atomic mass is 10.0. The van der Waals surface area contributed by atoms with Gasteiger partial charge < -0.3 is 19.9 Å². The van der Waals surface area contributed by atoms with Gasteiger partial charge in [0.2, 0.25) is 0 Å². The number of carbonyl (C=O) groups excluding carboxylic acids is 1. The molecular formula is C17H24ClN3O2. The highest BCUT2D eigenvalue weighted by molar-refractivity contribution is 6.30. The van der Waals surface area contributed by atoms with E-state index < -0.39 is 0 Å². The van der Waals surface area contributed by atoms with E-state index in [1.165, 1.54) is 5.56 Å². The molecule has 0 unspecified atom stereocenters. The predicted octanol–water partition coefficient (Wildman–Crippen LogP) is 2.13. The van der Waals surface area contributed by atoms with Crippen molar-refractivity contribution in [1.29, 1.82) is 0 Å². The van der Waals surface area contributed by atoms with Crippen LogP contribution in [0.2, 0.25) is 5.02 Å². The molecule has 2 aliphatic heterocycles. The number of hydrogen-bond donors (Lipinski definition) is 1. The maximum atomic E-state index is 12.5. The van der Waals surface area contributed by atoms with Crippen LogP contribution >= 0.6 is 11.6 Å². The van der Waals surface area contributed by atoms with Gasteiger partial charge in [0.1, 0.15) is 0 Å². The Kier molecular flexibility index (Phi) is 5.09. The standard InChI is InChI=1S/C17H24ClN3O2/c1-12(16-11-20(2)7-8-23-16)19-17(22)21-6-5-13-3-4-15(18)9-14(13)10-21/h3-4,9,12,16H,5-8,10-11H2,1-2H3,(H,19,22)/t12-,16+/m1/s1. The third-order valence-corrected chi connectivity index (χ3v) is 4.91. The lowest BCUT2D eigenvalue weighted by Crippen LogP contribution is -2.54. The van der Waals surface area contributed by atoms with E-state index in [-0.39, 0.29) is 18.2 Å². The minimum absolute atomic E-state index is 0.00833. The second-order valence-corrected chi connectivity index (χ2v) is 6.93. The first-order valence-electron chi connectivity index (χ1n) is 8.16. The molecule has 0 aromatic heterocycles. The van der Waals surface area contributed by atoms with Gasteiger partial charge >= 0.3 is 6.03 Å². The average molecular weight is 338 g/mol. The minimum atomic E-state index is -0.0278. The molecule has 2 aliphatic rings. The van der Waals surface area contributed by atoms with Crippen LogP contribution in [0.25, 0.3) is 0 Å². The van der Waals surface area contributed by atoms with Crippen LogP contribution in [0.5, 0.6) is 0 Å². The average Bonchev–Trinajstić information content (AvgIpc) is 2.54. The first kappa shape index (κ1) is 16.6. The number of rotatable bonds is 2. The van der Waals surface area contributed by atoms with E-state index in [0.29, 0.717) is 6.54 Å². The van der Waals surface area contributed by atoms with Gasteiger partial charge in [0.05, 0.1) is 18.8 Å². The molecule has 1 fully saturated rings. The molecule has 3 rings (SSSR count). The second kappa shape index (κ2) is 7.07. The van der Waals surface area contributed by atoms with Crippen molar-refractivity contribution in [2.75, 3.05) is 33.3 Å². The van der Waals surface area contributed by atoms with Crippen LogP contribution in [-0.2, 0) is 17.7 Å². The van der Waals surface area contributed by atoms with Gasteiger partial charge in [-0.25, -0.2) is 4.79 Å². The summed E-state index contributed by atoms with van der Waals surface area (Å²) >= 11 is 6.06. The lowest BCUT2D eigenvalue weighted by molar-refractivity contribution is -0.0340. The molecular weight excluding hydrogens is 314 g/mol. The van der Waals surface area contributed by atoms with E-state index in [1.54, 1.807) is 0 Å². The van der Waals surface area contributed by atoms with Crippen molar-refractivity contribution in [3.05, 3.63) is 34.3 Å². The van der Waals surface area contributed by atoms with Gasteiger partial charge in [0.25, 0.3) is 0 Å². The summed E-state index contributed by atoms with van der Waals surface area (Å²) in [5.74, 6) is 0. The molecule has 126 valence electrons. The predicted molar refractivity (Wildman–Crippen MR) is 90.8 cm³/mol. The monoisotopic (exact) mass is 337 g/mol. The summed E-state index contributed by atoms with van der Waals surface area (Å²) in [5.41, 5.74) is 2.42. The van der Waals surface area contributed by atoms with Crippen molar-refractivity contribution in [2.24, 2.45) is 0 Å². The number of ether oxygens (including phenoxy) is 1. The lowest BCUT2D eigenvalue weighted by Gasteiger charge is -2.36. The number of likely N-dealkylation sites (N-methyl/N-ethyl adjacent to an activating group) is 1. The SMILES string of the molecule is C[C@@H](NC(=O)N1CCc2ccc(Cl)cc2C1)[C@@H]1CN(C)CCO1. The van der Waals surface area contributed by atoms with Crippen molar-refractivity contribution < 1.29 is 9.53 Å². The van der Waals surface area contributed by atoms with Crippen LogP contribution in [0.15, 0.2) is 18.2 Å². The quantitative estimate of drug-likeness (QED) is 0.899. The van der Waals surface area contributed by atoms with Crippen molar-refractivity contribution >= 4 is 17.6 Å². The Bertz CT molecular complexity index is 581. The number of hydrogen-bond acceptors (Lipinski definition) is 3. The van der Waals surface area contributed by atoms with Crippen molar-refractivity contribution in [3.8, 4) is 0 Å². The minimum Gasteiger partial charge on any atom is -0.373 e. The Hall–Kier alpha value is -1.30. The Balaban J connectivity index is 1.58. The highest BCUT2D eigenvalue weighted by atomic mass is 35.5. The highest BCUT2D eigenvalue weighted by Crippen LogP contribution is 2.22. The number of amides is 2. The summed E-state index contributed by atoms with van der Waals surface area (Å²) in [6.07, 6.45) is 0.918. The first-order chi connectivity index (χ1) is 11.0. The van der Waals surface area contributed by atoms with E-state index in [0.717, 1.165) is 43.2 Å². The number of fused-ring (bicyclic) bond motifs is 1. The summed E-state index contributed by atoms with van der Waals surface area (Å²) in [5, 5.41) is 3.81. The Labute approximate surface area is 142 Å². The van der Waals surface area contributed by atoms with Crippen LogP contribution in [0.1, 0.15) is 18.1 Å². The molecule has 23 heavy (non-hydrogen) atoms. The molecule has 0 aliphatic carbocycles. The first-order valence-corrected chi connectivity index (χ1v) is 8.53. The number of carbonyl (C=O) groups is 1. The fraction of sp³-hybridized carbons (Fsp3) is 0.588. The fourth-order valence-corrected chi connectivity index (χ4v) is 3.39. The molecule has 0 bridgehead atoms. The van der Waals surface area contributed by atoms with Crippen molar-refractivity contribution in [2.45, 2.75) is 32.0 Å². The van der Waals surface area contributed by atoms with E-state index in [9.17, 15) is 4.79 Å². The van der Waals surface area contributed by atoms with E-state index >= 15 is 0 Å². The molecule has 0 radical (unpaired) electrons. The number of urea groups is 1. The number of nitrogens with one attached hydrogen (secondary N) is 1. The van der Waals surface area contributed by atoms with Gasteiger partial charge in [-0.1, -0.05) is 17.7 Å². The van der Waals surface area contributed by atoms with Crippen molar-refractivity contribution in [3.63, 3.8) is 0 Å².